The summed E-state index contributed by atoms with van der Waals surface area (Å²) in [6, 6.07) is 13.9. The lowest BCUT2D eigenvalue weighted by Gasteiger charge is -2.12. The second-order valence-electron chi connectivity index (χ2n) is 4.62. The first-order valence-electron chi connectivity index (χ1n) is 6.99. The highest BCUT2D eigenvalue weighted by Crippen LogP contribution is 2.37. The van der Waals surface area contributed by atoms with E-state index in [-0.39, 0.29) is 11.5 Å². The maximum Gasteiger partial charge on any atom is 0.332 e. The average Bonchev–Trinajstić information content (AvgIpc) is 2.57. The fraction of sp³-hybridized carbons (Fsp3) is 0.118. The molecule has 0 unspecified atom stereocenters. The van der Waals surface area contributed by atoms with Gasteiger partial charge in [-0.1, -0.05) is 30.3 Å². The maximum atomic E-state index is 12.2. The highest BCUT2D eigenvalue weighted by molar-refractivity contribution is 9.10. The van der Waals surface area contributed by atoms with Crippen LogP contribution in [-0.4, -0.2) is 15.0 Å². The number of hydrogen-bond donors (Lipinski definition) is 0. The lowest BCUT2D eigenvalue weighted by atomic mass is 10.2. The van der Waals surface area contributed by atoms with Crippen molar-refractivity contribution in [3.8, 4) is 17.6 Å². The maximum absolute atomic E-state index is 12.2. The number of halogens is 1. The molecule has 0 N–H and O–H groups in total. The van der Waals surface area contributed by atoms with E-state index in [9.17, 15) is 8.42 Å². The van der Waals surface area contributed by atoms with Gasteiger partial charge in [0.15, 0.2) is 11.5 Å². The van der Waals surface area contributed by atoms with Gasteiger partial charge in [0.05, 0.1) is 28.1 Å². The van der Waals surface area contributed by atoms with Gasteiger partial charge >= 0.3 is 10.1 Å². The molecular weight excluding hydrogens is 394 g/mol. The molecule has 24 heavy (non-hydrogen) atoms. The lowest BCUT2D eigenvalue weighted by Crippen LogP contribution is -2.07. The van der Waals surface area contributed by atoms with Crippen LogP contribution in [0.15, 0.2) is 52.3 Å². The zero-order chi connectivity index (χ0) is 17.6. The van der Waals surface area contributed by atoms with Crippen LogP contribution in [0.1, 0.15) is 18.1 Å². The van der Waals surface area contributed by atoms with Crippen LogP contribution in [0, 0.1) is 11.3 Å². The van der Waals surface area contributed by atoms with E-state index in [2.05, 4.69) is 15.9 Å². The first-order valence-corrected chi connectivity index (χ1v) is 9.25. The summed E-state index contributed by atoms with van der Waals surface area (Å²) in [6.07, 6.45) is 1.44. The number of benzene rings is 2. The summed E-state index contributed by atoms with van der Waals surface area (Å²) < 4.78 is 35.2. The van der Waals surface area contributed by atoms with Gasteiger partial charge in [-0.05, 0) is 40.6 Å². The predicted octanol–water partition coefficient (Wildman–Crippen LogP) is 4.10. The largest absolute Gasteiger partial charge is 0.490 e. The summed E-state index contributed by atoms with van der Waals surface area (Å²) in [7, 11) is -3.99. The minimum Gasteiger partial charge on any atom is -0.490 e. The number of nitriles is 1. The molecule has 0 saturated carbocycles. The molecule has 2 aromatic carbocycles. The molecule has 2 aromatic rings. The van der Waals surface area contributed by atoms with Gasteiger partial charge in [0.1, 0.15) is 0 Å². The number of nitrogens with zero attached hydrogens (tertiary/aromatic N) is 1. The molecule has 0 saturated heterocycles. The van der Waals surface area contributed by atoms with Crippen molar-refractivity contribution in [2.75, 3.05) is 6.61 Å². The molecule has 0 radical (unpaired) electrons. The summed E-state index contributed by atoms with van der Waals surface area (Å²) >= 11 is 3.21. The van der Waals surface area contributed by atoms with Gasteiger partial charge in [0, 0.05) is 6.07 Å². The summed E-state index contributed by atoms with van der Waals surface area (Å²) in [5, 5.41) is 9.97. The third-order valence-electron chi connectivity index (χ3n) is 2.86. The molecule has 0 spiro atoms. The van der Waals surface area contributed by atoms with E-state index in [1.807, 2.05) is 12.1 Å². The van der Waals surface area contributed by atoms with Gasteiger partial charge in [0.2, 0.25) is 0 Å². The van der Waals surface area contributed by atoms with E-state index in [1.54, 1.807) is 31.2 Å². The number of hydrogen-bond acceptors (Lipinski definition) is 5. The molecule has 0 aliphatic heterocycles. The van der Waals surface area contributed by atoms with Crippen molar-refractivity contribution in [2.45, 2.75) is 6.92 Å². The Morgan fingerprint density at radius 2 is 1.96 bits per heavy atom. The molecule has 0 fully saturated rings. The van der Waals surface area contributed by atoms with Crippen molar-refractivity contribution < 1.29 is 17.3 Å². The van der Waals surface area contributed by atoms with Crippen molar-refractivity contribution >= 4 is 32.1 Å². The van der Waals surface area contributed by atoms with E-state index in [0.29, 0.717) is 16.6 Å². The van der Waals surface area contributed by atoms with Crippen LogP contribution in [0.25, 0.3) is 6.08 Å². The Kier molecular flexibility index (Phi) is 6.01. The molecule has 0 bridgehead atoms. The number of rotatable bonds is 6. The lowest BCUT2D eigenvalue weighted by molar-refractivity contribution is 0.327. The third kappa shape index (κ3) is 4.85. The minimum absolute atomic E-state index is 0.00793. The summed E-state index contributed by atoms with van der Waals surface area (Å²) in [4.78, 5) is 0. The Bertz CT molecular complexity index is 887. The molecular formula is C17H14BrNO4S. The molecule has 0 amide bonds. The van der Waals surface area contributed by atoms with E-state index in [0.717, 1.165) is 11.0 Å². The SMILES string of the molecule is CCOc1cc(C#N)cc(Br)c1OS(=O)(=O)/C=C/c1ccccc1. The van der Waals surface area contributed by atoms with Gasteiger partial charge < -0.3 is 8.92 Å². The Labute approximate surface area is 149 Å². The molecule has 0 aliphatic carbocycles. The molecule has 0 atom stereocenters. The third-order valence-corrected chi connectivity index (χ3v) is 4.32. The van der Waals surface area contributed by atoms with Crippen LogP contribution >= 0.6 is 15.9 Å². The first-order chi connectivity index (χ1) is 11.4. The van der Waals surface area contributed by atoms with Gasteiger partial charge in [0.25, 0.3) is 0 Å². The van der Waals surface area contributed by atoms with Crippen molar-refractivity contribution in [1.82, 2.24) is 0 Å². The van der Waals surface area contributed by atoms with E-state index in [4.69, 9.17) is 14.2 Å². The molecule has 5 nitrogen and oxygen atoms in total. The van der Waals surface area contributed by atoms with Crippen LogP contribution < -0.4 is 8.92 Å². The van der Waals surface area contributed by atoms with Gasteiger partial charge in [-0.25, -0.2) is 0 Å². The standard InChI is InChI=1S/C17H14BrNO4S/c1-2-22-16-11-14(12-19)10-15(18)17(16)23-24(20,21)9-8-13-6-4-3-5-7-13/h3-11H,2H2,1H3/b9-8+. The number of ether oxygens (including phenoxy) is 1. The monoisotopic (exact) mass is 407 g/mol. The fourth-order valence-electron chi connectivity index (χ4n) is 1.85. The van der Waals surface area contributed by atoms with Crippen LogP contribution in [0.2, 0.25) is 0 Å². The molecule has 0 aliphatic rings. The zero-order valence-corrected chi connectivity index (χ0v) is 15.2. The van der Waals surface area contributed by atoms with E-state index >= 15 is 0 Å². The first kappa shape index (κ1) is 18.0. The van der Waals surface area contributed by atoms with Crippen molar-refractivity contribution in [1.29, 1.82) is 5.26 Å². The second-order valence-corrected chi connectivity index (χ2v) is 6.90. The second kappa shape index (κ2) is 7.99. The molecule has 124 valence electrons. The summed E-state index contributed by atoms with van der Waals surface area (Å²) in [5.74, 6) is 0.189. The van der Waals surface area contributed by atoms with Gasteiger partial charge in [-0.2, -0.15) is 13.7 Å². The Hall–Kier alpha value is -2.30. The molecule has 0 heterocycles. The van der Waals surface area contributed by atoms with Crippen LogP contribution in [0.3, 0.4) is 0 Å². The quantitative estimate of drug-likeness (QED) is 0.673. The molecule has 0 aromatic heterocycles. The van der Waals surface area contributed by atoms with Crippen molar-refractivity contribution in [2.24, 2.45) is 0 Å². The van der Waals surface area contributed by atoms with Crippen LogP contribution in [0.5, 0.6) is 11.5 Å². The summed E-state index contributed by atoms with van der Waals surface area (Å²) in [6.45, 7) is 2.05. The van der Waals surface area contributed by atoms with Crippen molar-refractivity contribution in [3.63, 3.8) is 0 Å². The average molecular weight is 408 g/mol. The normalized spacial score (nSPS) is 11.2. The van der Waals surface area contributed by atoms with Crippen LogP contribution in [0.4, 0.5) is 0 Å². The van der Waals surface area contributed by atoms with Gasteiger partial charge in [-0.3, -0.25) is 0 Å². The fourth-order valence-corrected chi connectivity index (χ4v) is 3.26. The van der Waals surface area contributed by atoms with E-state index in [1.165, 1.54) is 18.2 Å². The highest BCUT2D eigenvalue weighted by atomic mass is 79.9. The Balaban J connectivity index is 2.32. The van der Waals surface area contributed by atoms with Crippen molar-refractivity contribution in [3.05, 3.63) is 63.5 Å². The Morgan fingerprint density at radius 1 is 1.25 bits per heavy atom. The highest BCUT2D eigenvalue weighted by Gasteiger charge is 2.18. The molecule has 7 heteroatoms. The van der Waals surface area contributed by atoms with Gasteiger partial charge in [-0.15, -0.1) is 0 Å². The Morgan fingerprint density at radius 3 is 2.58 bits per heavy atom. The topological polar surface area (TPSA) is 76.4 Å². The predicted molar refractivity (Wildman–Crippen MR) is 95.0 cm³/mol. The van der Waals surface area contributed by atoms with E-state index < -0.39 is 10.1 Å². The smallest absolute Gasteiger partial charge is 0.332 e. The minimum atomic E-state index is -3.99. The summed E-state index contributed by atoms with van der Waals surface area (Å²) in [5.41, 5.74) is 1.06. The van der Waals surface area contributed by atoms with Crippen LogP contribution in [-0.2, 0) is 10.1 Å². The molecule has 2 rings (SSSR count). The zero-order valence-electron chi connectivity index (χ0n) is 12.8.